The van der Waals surface area contributed by atoms with Crippen molar-refractivity contribution in [2.24, 2.45) is 23.7 Å². The minimum atomic E-state index is 0.842. The molecule has 0 heterocycles. The molecule has 0 bridgehead atoms. The second kappa shape index (κ2) is 7.15. The van der Waals surface area contributed by atoms with Gasteiger partial charge in [0.2, 0.25) is 0 Å². The van der Waals surface area contributed by atoms with Gasteiger partial charge in [0.25, 0.3) is 0 Å². The van der Waals surface area contributed by atoms with Gasteiger partial charge in [-0.25, -0.2) is 0 Å². The second-order valence-corrected chi connectivity index (χ2v) is 9.07. The van der Waals surface area contributed by atoms with E-state index in [-0.39, 0.29) is 0 Å². The molecule has 2 heteroatoms. The van der Waals surface area contributed by atoms with E-state index in [0.717, 1.165) is 31.5 Å². The third-order valence-corrected chi connectivity index (χ3v) is 6.82. The van der Waals surface area contributed by atoms with Gasteiger partial charge in [0.05, 0.1) is 0 Å². The third-order valence-electron chi connectivity index (χ3n) is 4.44. The van der Waals surface area contributed by atoms with Crippen molar-refractivity contribution in [1.29, 1.82) is 0 Å². The molecular formula is C14H26I2. The standard InChI is InChI=1S/C14H26I2/c1-5-11-12(6-2)14(16)13(11)9(3)7-8-10(4)15/h9-14H,5-8H2,1-4H3/t9?,10?,11?,12-,13+,14?/m1/s1. The predicted octanol–water partition coefficient (Wildman–Crippen LogP) is 5.71. The third kappa shape index (κ3) is 3.48. The number of hydrogen-bond acceptors (Lipinski definition) is 0. The molecule has 16 heavy (non-hydrogen) atoms. The molecule has 0 aromatic rings. The van der Waals surface area contributed by atoms with Gasteiger partial charge in [0.1, 0.15) is 0 Å². The highest BCUT2D eigenvalue weighted by atomic mass is 127. The van der Waals surface area contributed by atoms with Gasteiger partial charge in [-0.2, -0.15) is 0 Å². The van der Waals surface area contributed by atoms with Crippen LogP contribution in [0, 0.1) is 23.7 Å². The maximum Gasteiger partial charge on any atom is 0.0174 e. The topological polar surface area (TPSA) is 0 Å². The van der Waals surface area contributed by atoms with Gasteiger partial charge in [-0.1, -0.05) is 85.7 Å². The maximum atomic E-state index is 2.73. The average molecular weight is 448 g/mol. The largest absolute Gasteiger partial charge is 0.0829 e. The van der Waals surface area contributed by atoms with E-state index in [1.807, 2.05) is 0 Å². The summed E-state index contributed by atoms with van der Waals surface area (Å²) in [6, 6.07) is 0. The zero-order valence-corrected chi connectivity index (χ0v) is 15.4. The Morgan fingerprint density at radius 2 is 1.56 bits per heavy atom. The van der Waals surface area contributed by atoms with Gasteiger partial charge in [-0.15, -0.1) is 0 Å². The van der Waals surface area contributed by atoms with Gasteiger partial charge >= 0.3 is 0 Å². The van der Waals surface area contributed by atoms with Crippen molar-refractivity contribution >= 4 is 45.2 Å². The molecule has 0 aromatic heterocycles. The van der Waals surface area contributed by atoms with Crippen LogP contribution in [0.4, 0.5) is 0 Å². The molecule has 1 aliphatic carbocycles. The smallest absolute Gasteiger partial charge is 0.0174 e. The Balaban J connectivity index is 2.46. The number of halogens is 2. The van der Waals surface area contributed by atoms with E-state index in [4.69, 9.17) is 0 Å². The fourth-order valence-electron chi connectivity index (χ4n) is 3.42. The molecule has 1 saturated carbocycles. The van der Waals surface area contributed by atoms with E-state index < -0.39 is 0 Å². The minimum Gasteiger partial charge on any atom is -0.0829 e. The van der Waals surface area contributed by atoms with Crippen LogP contribution >= 0.6 is 45.2 Å². The van der Waals surface area contributed by atoms with E-state index in [1.54, 1.807) is 0 Å². The fourth-order valence-corrected chi connectivity index (χ4v) is 6.06. The van der Waals surface area contributed by atoms with Crippen LogP contribution in [0.1, 0.15) is 53.4 Å². The summed E-state index contributed by atoms with van der Waals surface area (Å²) in [5.41, 5.74) is 0. The van der Waals surface area contributed by atoms with Crippen LogP contribution in [0.2, 0.25) is 0 Å². The van der Waals surface area contributed by atoms with Crippen LogP contribution in [0.15, 0.2) is 0 Å². The SMILES string of the molecule is CCC1[C@@H](CC)C(I)[C@H]1C(C)CCC(C)I. The second-order valence-electron chi connectivity index (χ2n) is 5.50. The summed E-state index contributed by atoms with van der Waals surface area (Å²) in [5.74, 6) is 3.97. The molecule has 0 saturated heterocycles. The summed E-state index contributed by atoms with van der Waals surface area (Å²) in [4.78, 5) is 0. The van der Waals surface area contributed by atoms with Crippen LogP contribution in [0.25, 0.3) is 0 Å². The lowest BCUT2D eigenvalue weighted by Gasteiger charge is -2.52. The van der Waals surface area contributed by atoms with E-state index in [2.05, 4.69) is 72.9 Å². The zero-order valence-electron chi connectivity index (χ0n) is 11.0. The van der Waals surface area contributed by atoms with Crippen molar-refractivity contribution in [1.82, 2.24) is 0 Å². The lowest BCUT2D eigenvalue weighted by molar-refractivity contribution is 0.0392. The van der Waals surface area contributed by atoms with E-state index in [9.17, 15) is 0 Å². The highest BCUT2D eigenvalue weighted by Crippen LogP contribution is 2.53. The van der Waals surface area contributed by atoms with Crippen LogP contribution < -0.4 is 0 Å². The first kappa shape index (κ1) is 15.5. The fraction of sp³-hybridized carbons (Fsp3) is 1.00. The molecule has 0 aliphatic heterocycles. The summed E-state index contributed by atoms with van der Waals surface area (Å²) >= 11 is 5.28. The van der Waals surface area contributed by atoms with Gasteiger partial charge in [0.15, 0.2) is 0 Å². The first-order valence-corrected chi connectivity index (χ1v) is 9.30. The van der Waals surface area contributed by atoms with Crippen LogP contribution in [-0.2, 0) is 0 Å². The molecule has 1 aliphatic rings. The van der Waals surface area contributed by atoms with Crippen molar-refractivity contribution in [2.75, 3.05) is 0 Å². The maximum absolute atomic E-state index is 2.73. The highest BCUT2D eigenvalue weighted by molar-refractivity contribution is 14.1. The van der Waals surface area contributed by atoms with Gasteiger partial charge < -0.3 is 0 Å². The number of hydrogen-bond donors (Lipinski definition) is 0. The first-order chi connectivity index (χ1) is 7.52. The summed E-state index contributed by atoms with van der Waals surface area (Å²) in [6.45, 7) is 9.58. The quantitative estimate of drug-likeness (QED) is 0.361. The Morgan fingerprint density at radius 1 is 1.00 bits per heavy atom. The van der Waals surface area contributed by atoms with Gasteiger partial charge in [-0.3, -0.25) is 0 Å². The monoisotopic (exact) mass is 448 g/mol. The molecule has 0 spiro atoms. The normalized spacial score (nSPS) is 37.9. The Labute approximate surface area is 129 Å². The van der Waals surface area contributed by atoms with Crippen LogP contribution in [-0.4, -0.2) is 7.85 Å². The lowest BCUT2D eigenvalue weighted by atomic mass is 9.58. The molecule has 0 aromatic carbocycles. The summed E-state index contributed by atoms with van der Waals surface area (Å²) < 4.78 is 1.79. The Kier molecular flexibility index (Phi) is 6.93. The van der Waals surface area contributed by atoms with Crippen molar-refractivity contribution in [3.8, 4) is 0 Å². The first-order valence-electron chi connectivity index (χ1n) is 6.81. The molecule has 0 N–H and O–H groups in total. The lowest BCUT2D eigenvalue weighted by Crippen LogP contribution is -2.50. The van der Waals surface area contributed by atoms with Crippen LogP contribution in [0.3, 0.4) is 0 Å². The summed E-state index contributed by atoms with van der Waals surface area (Å²) in [5, 5.41) is 0. The Hall–Kier alpha value is 1.46. The van der Waals surface area contributed by atoms with Crippen molar-refractivity contribution in [3.05, 3.63) is 0 Å². The van der Waals surface area contributed by atoms with Gasteiger partial charge in [0, 0.05) is 7.85 Å². The molecular weight excluding hydrogens is 422 g/mol. The number of alkyl halides is 2. The van der Waals surface area contributed by atoms with Crippen molar-refractivity contribution < 1.29 is 0 Å². The molecule has 0 nitrogen and oxygen atoms in total. The van der Waals surface area contributed by atoms with Crippen molar-refractivity contribution in [2.45, 2.75) is 61.2 Å². The zero-order chi connectivity index (χ0) is 12.3. The summed E-state index contributed by atoms with van der Waals surface area (Å²) in [6.07, 6.45) is 5.61. The highest BCUT2D eigenvalue weighted by Gasteiger charge is 2.48. The Morgan fingerprint density at radius 3 is 2.00 bits per heavy atom. The molecule has 4 unspecified atom stereocenters. The molecule has 0 amide bonds. The van der Waals surface area contributed by atoms with Crippen LogP contribution in [0.5, 0.6) is 0 Å². The van der Waals surface area contributed by atoms with E-state index in [1.165, 1.54) is 25.7 Å². The molecule has 1 rings (SSSR count). The number of rotatable bonds is 6. The van der Waals surface area contributed by atoms with E-state index >= 15 is 0 Å². The van der Waals surface area contributed by atoms with Crippen molar-refractivity contribution in [3.63, 3.8) is 0 Å². The predicted molar refractivity (Wildman–Crippen MR) is 90.7 cm³/mol. The minimum absolute atomic E-state index is 0.842. The van der Waals surface area contributed by atoms with E-state index in [0.29, 0.717) is 0 Å². The molecule has 96 valence electrons. The van der Waals surface area contributed by atoms with Gasteiger partial charge in [-0.05, 0) is 36.5 Å². The Bertz CT molecular complexity index is 203. The molecule has 6 atom stereocenters. The average Bonchev–Trinajstić information content (AvgIpc) is 2.23. The summed E-state index contributed by atoms with van der Waals surface area (Å²) in [7, 11) is 0. The molecule has 1 fully saturated rings. The molecule has 0 radical (unpaired) electrons.